The molecule has 0 N–H and O–H groups in total. The number of aromatic nitrogens is 3. The molecular formula is C15H18N4OS. The molecular weight excluding hydrogens is 284 g/mol. The summed E-state index contributed by atoms with van der Waals surface area (Å²) in [7, 11) is 1.99. The zero-order valence-electron chi connectivity index (χ0n) is 12.0. The molecule has 2 aliphatic rings. The fraction of sp³-hybridized carbons (Fsp3) is 0.533. The predicted octanol–water partition coefficient (Wildman–Crippen LogP) is 2.29. The van der Waals surface area contributed by atoms with E-state index >= 15 is 0 Å². The van der Waals surface area contributed by atoms with Crippen LogP contribution in [-0.4, -0.2) is 38.7 Å². The van der Waals surface area contributed by atoms with Crippen LogP contribution >= 0.6 is 11.3 Å². The van der Waals surface area contributed by atoms with Crippen LogP contribution in [-0.2, 0) is 7.05 Å². The van der Waals surface area contributed by atoms with E-state index in [0.29, 0.717) is 5.92 Å². The van der Waals surface area contributed by atoms with Gasteiger partial charge in [0, 0.05) is 26.1 Å². The first kappa shape index (κ1) is 13.0. The minimum absolute atomic E-state index is 0.168. The Labute approximate surface area is 127 Å². The molecule has 1 aliphatic carbocycles. The van der Waals surface area contributed by atoms with Crippen molar-refractivity contribution in [2.24, 2.45) is 12.5 Å². The Morgan fingerprint density at radius 3 is 2.90 bits per heavy atom. The zero-order chi connectivity index (χ0) is 14.4. The summed E-state index contributed by atoms with van der Waals surface area (Å²) in [6, 6.07) is 3.85. The van der Waals surface area contributed by atoms with Gasteiger partial charge in [-0.3, -0.25) is 4.79 Å². The number of nitrogens with zero attached hydrogens (tertiary/aromatic N) is 4. The quantitative estimate of drug-likeness (QED) is 0.855. The standard InChI is InChI=1S/C15H18N4OS/c1-18-10-16-17-13(18)11-8-19(9-15(11)5-3-6-15)14(20)12-4-2-7-21-12/h2,4,7,10-11H,3,5-6,8-9H2,1H3. The number of aryl methyl sites for hydroxylation is 1. The van der Waals surface area contributed by atoms with Crippen LogP contribution in [0.25, 0.3) is 0 Å². The van der Waals surface area contributed by atoms with Crippen LogP contribution in [0.2, 0.25) is 0 Å². The Hall–Kier alpha value is -1.69. The lowest BCUT2D eigenvalue weighted by molar-refractivity contribution is 0.0728. The molecule has 3 heterocycles. The fourth-order valence-electron chi connectivity index (χ4n) is 3.78. The fourth-order valence-corrected chi connectivity index (χ4v) is 4.47. The molecule has 1 aliphatic heterocycles. The Morgan fingerprint density at radius 1 is 1.48 bits per heavy atom. The first-order valence-corrected chi connectivity index (χ1v) is 8.24. The van der Waals surface area contributed by atoms with Gasteiger partial charge in [-0.2, -0.15) is 0 Å². The maximum Gasteiger partial charge on any atom is 0.263 e. The lowest BCUT2D eigenvalue weighted by Crippen LogP contribution is -2.38. The molecule has 2 aromatic heterocycles. The molecule has 6 heteroatoms. The lowest BCUT2D eigenvalue weighted by Gasteiger charge is -2.42. The molecule has 1 unspecified atom stereocenters. The van der Waals surface area contributed by atoms with E-state index in [0.717, 1.165) is 23.8 Å². The number of hydrogen-bond acceptors (Lipinski definition) is 4. The minimum Gasteiger partial charge on any atom is -0.337 e. The van der Waals surface area contributed by atoms with Crippen molar-refractivity contribution < 1.29 is 4.79 Å². The number of carbonyl (C=O) groups excluding carboxylic acids is 1. The van der Waals surface area contributed by atoms with Gasteiger partial charge in [-0.1, -0.05) is 12.5 Å². The summed E-state index contributed by atoms with van der Waals surface area (Å²) in [5, 5.41) is 10.3. The SMILES string of the molecule is Cn1cnnc1C1CN(C(=O)c2cccs2)CC12CCC2. The van der Waals surface area contributed by atoms with Gasteiger partial charge < -0.3 is 9.47 Å². The minimum atomic E-state index is 0.168. The van der Waals surface area contributed by atoms with Crippen molar-refractivity contribution >= 4 is 17.2 Å². The molecule has 1 saturated carbocycles. The number of amides is 1. The summed E-state index contributed by atoms with van der Waals surface area (Å²) < 4.78 is 2.00. The summed E-state index contributed by atoms with van der Waals surface area (Å²) in [5.41, 5.74) is 0.230. The van der Waals surface area contributed by atoms with Crippen LogP contribution in [0.1, 0.15) is 40.7 Å². The number of thiophene rings is 1. The molecule has 1 amide bonds. The van der Waals surface area contributed by atoms with Crippen molar-refractivity contribution in [2.75, 3.05) is 13.1 Å². The van der Waals surface area contributed by atoms with Crippen LogP contribution < -0.4 is 0 Å². The Balaban J connectivity index is 1.63. The Kier molecular flexibility index (Phi) is 2.89. The third-order valence-corrected chi connectivity index (χ3v) is 5.93. The van der Waals surface area contributed by atoms with Crippen LogP contribution in [0.4, 0.5) is 0 Å². The van der Waals surface area contributed by atoms with Crippen LogP contribution in [0, 0.1) is 5.41 Å². The lowest BCUT2D eigenvalue weighted by atomic mass is 9.62. The van der Waals surface area contributed by atoms with E-state index in [9.17, 15) is 4.79 Å². The van der Waals surface area contributed by atoms with Crippen LogP contribution in [0.15, 0.2) is 23.8 Å². The largest absolute Gasteiger partial charge is 0.337 e. The van der Waals surface area contributed by atoms with E-state index in [2.05, 4.69) is 10.2 Å². The van der Waals surface area contributed by atoms with Gasteiger partial charge in [-0.25, -0.2) is 0 Å². The zero-order valence-corrected chi connectivity index (χ0v) is 12.8. The molecule has 0 radical (unpaired) electrons. The molecule has 4 rings (SSSR count). The van der Waals surface area contributed by atoms with E-state index in [-0.39, 0.29) is 11.3 Å². The highest BCUT2D eigenvalue weighted by atomic mass is 32.1. The van der Waals surface area contributed by atoms with E-state index in [1.54, 1.807) is 6.33 Å². The number of carbonyl (C=O) groups is 1. The van der Waals surface area contributed by atoms with E-state index in [1.165, 1.54) is 30.6 Å². The van der Waals surface area contributed by atoms with Crippen molar-refractivity contribution in [1.29, 1.82) is 0 Å². The van der Waals surface area contributed by atoms with Gasteiger partial charge in [0.1, 0.15) is 12.2 Å². The highest BCUT2D eigenvalue weighted by molar-refractivity contribution is 7.12. The molecule has 2 aromatic rings. The molecule has 21 heavy (non-hydrogen) atoms. The number of hydrogen-bond donors (Lipinski definition) is 0. The van der Waals surface area contributed by atoms with Gasteiger partial charge in [0.25, 0.3) is 5.91 Å². The smallest absolute Gasteiger partial charge is 0.263 e. The van der Waals surface area contributed by atoms with Gasteiger partial charge >= 0.3 is 0 Å². The molecule has 0 aromatic carbocycles. The van der Waals surface area contributed by atoms with Crippen molar-refractivity contribution in [3.8, 4) is 0 Å². The summed E-state index contributed by atoms with van der Waals surface area (Å²) in [4.78, 5) is 15.5. The predicted molar refractivity (Wildman–Crippen MR) is 80.3 cm³/mol. The summed E-state index contributed by atoms with van der Waals surface area (Å²) in [5.74, 6) is 1.51. The van der Waals surface area contributed by atoms with E-state index in [1.807, 2.05) is 34.0 Å². The van der Waals surface area contributed by atoms with E-state index < -0.39 is 0 Å². The highest BCUT2D eigenvalue weighted by Gasteiger charge is 2.53. The molecule has 1 spiro atoms. The van der Waals surface area contributed by atoms with Gasteiger partial charge in [0.05, 0.1) is 4.88 Å². The van der Waals surface area contributed by atoms with Crippen molar-refractivity contribution in [3.05, 3.63) is 34.5 Å². The molecule has 0 bridgehead atoms. The monoisotopic (exact) mass is 302 g/mol. The third kappa shape index (κ3) is 1.92. The number of rotatable bonds is 2. The van der Waals surface area contributed by atoms with Crippen LogP contribution in [0.3, 0.4) is 0 Å². The van der Waals surface area contributed by atoms with Gasteiger partial charge in [-0.05, 0) is 29.7 Å². The van der Waals surface area contributed by atoms with E-state index in [4.69, 9.17) is 0 Å². The highest BCUT2D eigenvalue weighted by Crippen LogP contribution is 2.55. The average molecular weight is 302 g/mol. The molecule has 1 atom stereocenters. The maximum atomic E-state index is 12.6. The second kappa shape index (κ2) is 4.66. The number of likely N-dealkylation sites (tertiary alicyclic amines) is 1. The Bertz CT molecular complexity index is 659. The van der Waals surface area contributed by atoms with Gasteiger partial charge in [-0.15, -0.1) is 21.5 Å². The second-order valence-electron chi connectivity index (χ2n) is 6.23. The molecule has 1 saturated heterocycles. The maximum absolute atomic E-state index is 12.6. The normalized spacial score (nSPS) is 23.5. The summed E-state index contributed by atoms with van der Waals surface area (Å²) >= 11 is 1.52. The molecule has 5 nitrogen and oxygen atoms in total. The van der Waals surface area contributed by atoms with Crippen molar-refractivity contribution in [3.63, 3.8) is 0 Å². The molecule has 110 valence electrons. The third-order valence-electron chi connectivity index (χ3n) is 5.07. The van der Waals surface area contributed by atoms with Crippen LogP contribution in [0.5, 0.6) is 0 Å². The van der Waals surface area contributed by atoms with Crippen molar-refractivity contribution in [1.82, 2.24) is 19.7 Å². The molecule has 2 fully saturated rings. The first-order valence-electron chi connectivity index (χ1n) is 7.36. The first-order chi connectivity index (χ1) is 10.2. The second-order valence-corrected chi connectivity index (χ2v) is 7.18. The average Bonchev–Trinajstić information content (AvgIpc) is 3.15. The van der Waals surface area contributed by atoms with Crippen molar-refractivity contribution in [2.45, 2.75) is 25.2 Å². The summed E-state index contributed by atoms with van der Waals surface area (Å²) in [6.07, 6.45) is 5.40. The Morgan fingerprint density at radius 2 is 2.33 bits per heavy atom. The van der Waals surface area contributed by atoms with Gasteiger partial charge in [0.2, 0.25) is 0 Å². The van der Waals surface area contributed by atoms with Gasteiger partial charge in [0.15, 0.2) is 0 Å². The summed E-state index contributed by atoms with van der Waals surface area (Å²) in [6.45, 7) is 1.63. The topological polar surface area (TPSA) is 51.0 Å².